The molecule has 0 aliphatic carbocycles. The number of hydrogen-bond acceptors (Lipinski definition) is 4. The molecular weight excluding hydrogens is 419 g/mol. The summed E-state index contributed by atoms with van der Waals surface area (Å²) in [4.78, 5) is 16.4. The first-order valence-electron chi connectivity index (χ1n) is 9.33. The van der Waals surface area contributed by atoms with Crippen molar-refractivity contribution in [2.45, 2.75) is 25.9 Å². The SMILES string of the molecule is CC(c1ccc(F)c(F)c1F)N1CCN(C(=O)c2ccc(NS(=O)[O-])cc2)C(C)C1. The van der Waals surface area contributed by atoms with Gasteiger partial charge in [-0.15, -0.1) is 0 Å². The third-order valence-corrected chi connectivity index (χ3v) is 5.72. The Bertz CT molecular complexity index is 958. The van der Waals surface area contributed by atoms with Crippen LogP contribution in [0.1, 0.15) is 35.8 Å². The van der Waals surface area contributed by atoms with Crippen molar-refractivity contribution in [2.75, 3.05) is 24.4 Å². The molecule has 30 heavy (non-hydrogen) atoms. The van der Waals surface area contributed by atoms with Gasteiger partial charge in [0.15, 0.2) is 17.5 Å². The Morgan fingerprint density at radius 3 is 2.40 bits per heavy atom. The molecule has 1 N–H and O–H groups in total. The zero-order chi connectivity index (χ0) is 22.0. The number of benzene rings is 2. The third-order valence-electron chi connectivity index (χ3n) is 5.32. The van der Waals surface area contributed by atoms with E-state index in [0.717, 1.165) is 6.07 Å². The fourth-order valence-electron chi connectivity index (χ4n) is 3.64. The fraction of sp³-hybridized carbons (Fsp3) is 0.350. The first-order valence-corrected chi connectivity index (χ1v) is 10.4. The third kappa shape index (κ3) is 4.66. The molecule has 1 aliphatic rings. The van der Waals surface area contributed by atoms with Gasteiger partial charge in [-0.05, 0) is 44.2 Å². The van der Waals surface area contributed by atoms with E-state index in [1.54, 1.807) is 11.8 Å². The van der Waals surface area contributed by atoms with Crippen molar-refractivity contribution in [3.05, 3.63) is 65.0 Å². The summed E-state index contributed by atoms with van der Waals surface area (Å²) in [6.07, 6.45) is 0. The summed E-state index contributed by atoms with van der Waals surface area (Å²) >= 11 is -2.44. The van der Waals surface area contributed by atoms with Gasteiger partial charge < -0.3 is 14.2 Å². The van der Waals surface area contributed by atoms with Gasteiger partial charge in [0, 0.05) is 59.8 Å². The minimum absolute atomic E-state index is 0.0692. The second-order valence-electron chi connectivity index (χ2n) is 7.20. The van der Waals surface area contributed by atoms with Crippen LogP contribution in [0.5, 0.6) is 0 Å². The largest absolute Gasteiger partial charge is 0.755 e. The lowest BCUT2D eigenvalue weighted by atomic mass is 10.0. The van der Waals surface area contributed by atoms with Crippen LogP contribution in [0.3, 0.4) is 0 Å². The van der Waals surface area contributed by atoms with Crippen molar-refractivity contribution < 1.29 is 26.7 Å². The molecule has 1 saturated heterocycles. The van der Waals surface area contributed by atoms with E-state index in [1.165, 1.54) is 30.3 Å². The highest BCUT2D eigenvalue weighted by atomic mass is 32.2. The number of halogens is 3. The predicted octanol–water partition coefficient (Wildman–Crippen LogP) is 3.22. The van der Waals surface area contributed by atoms with Gasteiger partial charge in [0.05, 0.1) is 0 Å². The molecule has 1 amide bonds. The monoisotopic (exact) mass is 440 g/mol. The maximum atomic E-state index is 14.2. The average molecular weight is 440 g/mol. The summed E-state index contributed by atoms with van der Waals surface area (Å²) < 4.78 is 64.5. The lowest BCUT2D eigenvalue weighted by Gasteiger charge is -2.42. The van der Waals surface area contributed by atoms with Gasteiger partial charge in [-0.2, -0.15) is 0 Å². The standard InChI is InChI=1S/C20H22F3N3O3S/c1-12-11-25(13(2)16-7-8-17(21)19(23)18(16)22)9-10-26(12)20(27)14-3-5-15(6-4-14)24-30(28)29/h3-8,12-13,24H,9-11H2,1-2H3,(H,28,29)/p-1. The van der Waals surface area contributed by atoms with E-state index in [9.17, 15) is 26.7 Å². The molecule has 6 nitrogen and oxygen atoms in total. The lowest BCUT2D eigenvalue weighted by Crippen LogP contribution is -2.54. The van der Waals surface area contributed by atoms with E-state index in [4.69, 9.17) is 0 Å². The van der Waals surface area contributed by atoms with Crippen LogP contribution < -0.4 is 4.72 Å². The van der Waals surface area contributed by atoms with Gasteiger partial charge in [0.2, 0.25) is 0 Å². The molecule has 0 bridgehead atoms. The highest BCUT2D eigenvalue weighted by Crippen LogP contribution is 2.28. The number of carbonyl (C=O) groups excluding carboxylic acids is 1. The number of nitrogens with zero attached hydrogens (tertiary/aromatic N) is 2. The number of amides is 1. The highest BCUT2D eigenvalue weighted by Gasteiger charge is 2.32. The van der Waals surface area contributed by atoms with Crippen molar-refractivity contribution in [2.24, 2.45) is 0 Å². The van der Waals surface area contributed by atoms with Gasteiger partial charge in [-0.25, -0.2) is 13.2 Å². The van der Waals surface area contributed by atoms with E-state index in [0.29, 0.717) is 30.9 Å². The molecule has 3 atom stereocenters. The van der Waals surface area contributed by atoms with Crippen LogP contribution in [0.2, 0.25) is 0 Å². The van der Waals surface area contributed by atoms with Crippen LogP contribution in [0.15, 0.2) is 36.4 Å². The van der Waals surface area contributed by atoms with E-state index >= 15 is 0 Å². The van der Waals surface area contributed by atoms with Crippen molar-refractivity contribution in [1.82, 2.24) is 9.80 Å². The first kappa shape index (κ1) is 22.3. The summed E-state index contributed by atoms with van der Waals surface area (Å²) in [6, 6.07) is 7.54. The van der Waals surface area contributed by atoms with Gasteiger partial charge in [0.1, 0.15) is 0 Å². The summed E-state index contributed by atoms with van der Waals surface area (Å²) in [7, 11) is 0. The fourth-order valence-corrected chi connectivity index (χ4v) is 3.97. The molecule has 3 unspecified atom stereocenters. The van der Waals surface area contributed by atoms with E-state index in [2.05, 4.69) is 4.72 Å². The molecule has 162 valence electrons. The number of rotatable bonds is 5. The second-order valence-corrected chi connectivity index (χ2v) is 7.87. The Hall–Kier alpha value is -2.43. The highest BCUT2D eigenvalue weighted by molar-refractivity contribution is 7.80. The van der Waals surface area contributed by atoms with Crippen LogP contribution >= 0.6 is 0 Å². The maximum absolute atomic E-state index is 14.2. The zero-order valence-electron chi connectivity index (χ0n) is 16.4. The number of nitrogens with one attached hydrogen (secondary N) is 1. The number of piperazine rings is 1. The Morgan fingerprint density at radius 2 is 1.80 bits per heavy atom. The Morgan fingerprint density at radius 1 is 1.13 bits per heavy atom. The molecule has 0 radical (unpaired) electrons. The molecule has 2 aromatic rings. The van der Waals surface area contributed by atoms with Gasteiger partial charge >= 0.3 is 0 Å². The number of anilines is 1. The molecule has 1 fully saturated rings. The zero-order valence-corrected chi connectivity index (χ0v) is 17.2. The van der Waals surface area contributed by atoms with Gasteiger partial charge in [0.25, 0.3) is 5.91 Å². The predicted molar refractivity (Wildman–Crippen MR) is 106 cm³/mol. The summed E-state index contributed by atoms with van der Waals surface area (Å²) in [5.41, 5.74) is 0.831. The van der Waals surface area contributed by atoms with Crippen molar-refractivity contribution in [3.63, 3.8) is 0 Å². The average Bonchev–Trinajstić information content (AvgIpc) is 2.71. The molecule has 0 aromatic heterocycles. The summed E-state index contributed by atoms with van der Waals surface area (Å²) in [6.45, 7) is 4.81. The normalized spacial score (nSPS) is 19.4. The molecule has 3 rings (SSSR count). The molecule has 1 heterocycles. The molecule has 0 saturated carbocycles. The van der Waals surface area contributed by atoms with E-state index in [-0.39, 0.29) is 17.5 Å². The van der Waals surface area contributed by atoms with E-state index in [1.807, 2.05) is 11.8 Å². The van der Waals surface area contributed by atoms with Crippen LogP contribution in [0.4, 0.5) is 18.9 Å². The second kappa shape index (κ2) is 9.15. The molecule has 0 spiro atoms. The topological polar surface area (TPSA) is 75.7 Å². The molecule has 1 aliphatic heterocycles. The van der Waals surface area contributed by atoms with Crippen molar-refractivity contribution >= 4 is 22.9 Å². The summed E-state index contributed by atoms with van der Waals surface area (Å²) in [5, 5.41) is 0. The summed E-state index contributed by atoms with van der Waals surface area (Å²) in [5.74, 6) is -4.11. The first-order chi connectivity index (χ1) is 14.2. The minimum Gasteiger partial charge on any atom is -0.755 e. The maximum Gasteiger partial charge on any atom is 0.254 e. The Kier molecular flexibility index (Phi) is 6.79. The van der Waals surface area contributed by atoms with Crippen LogP contribution in [-0.2, 0) is 11.3 Å². The van der Waals surface area contributed by atoms with Crippen molar-refractivity contribution in [1.29, 1.82) is 0 Å². The van der Waals surface area contributed by atoms with E-state index < -0.39 is 34.8 Å². The van der Waals surface area contributed by atoms with Crippen LogP contribution in [-0.4, -0.2) is 50.1 Å². The van der Waals surface area contributed by atoms with Crippen molar-refractivity contribution in [3.8, 4) is 0 Å². The number of carbonyl (C=O) groups is 1. The van der Waals surface area contributed by atoms with Gasteiger partial charge in [-0.1, -0.05) is 6.07 Å². The van der Waals surface area contributed by atoms with Crippen LogP contribution in [0.25, 0.3) is 0 Å². The Labute approximate surface area is 175 Å². The number of hydrogen-bond donors (Lipinski definition) is 1. The quantitative estimate of drug-likeness (QED) is 0.572. The molecule has 2 aromatic carbocycles. The smallest absolute Gasteiger partial charge is 0.254 e. The molecule has 10 heteroatoms. The Balaban J connectivity index is 1.68. The lowest BCUT2D eigenvalue weighted by molar-refractivity contribution is 0.0401. The minimum atomic E-state index is -2.44. The molecular formula is C20H21F3N3O3S-. The van der Waals surface area contributed by atoms with Gasteiger partial charge in [-0.3, -0.25) is 13.9 Å². The van der Waals surface area contributed by atoms with Crippen LogP contribution in [0, 0.1) is 17.5 Å².